The summed E-state index contributed by atoms with van der Waals surface area (Å²) in [6.45, 7) is 35.2. The Hall–Kier alpha value is -2.01. The van der Waals surface area contributed by atoms with Gasteiger partial charge in [0.25, 0.3) is 0 Å². The van der Waals surface area contributed by atoms with Crippen molar-refractivity contribution in [2.75, 3.05) is 30.5 Å². The lowest BCUT2D eigenvalue weighted by atomic mass is 9.83. The zero-order valence-electron chi connectivity index (χ0n) is 46.9. The molecule has 3 heterocycles. The summed E-state index contributed by atoms with van der Waals surface area (Å²) in [5.74, 6) is -1.70. The fourth-order valence-corrected chi connectivity index (χ4v) is 14.8. The number of sulfone groups is 1. The first-order valence-corrected chi connectivity index (χ1v) is 35.6. The number of hydrogen-bond acceptors (Lipinski definition) is 12. The maximum absolute atomic E-state index is 14.4. The molecule has 16 heteroatoms. The maximum atomic E-state index is 14.4. The predicted octanol–water partition coefficient (Wildman–Crippen LogP) is 12.7. The number of benzene rings is 2. The minimum absolute atomic E-state index is 0.00838. The summed E-state index contributed by atoms with van der Waals surface area (Å²) >= 11 is 2.42. The molecule has 0 spiro atoms. The van der Waals surface area contributed by atoms with Crippen molar-refractivity contribution in [3.05, 3.63) is 78.4 Å². The Morgan fingerprint density at radius 2 is 1.45 bits per heavy atom. The van der Waals surface area contributed by atoms with Crippen LogP contribution in [0.5, 0.6) is 0 Å². The molecule has 11 atom stereocenters. The molecule has 0 N–H and O–H groups in total. The number of carbonyl (C=O) groups excluding carboxylic acids is 2. The first-order valence-electron chi connectivity index (χ1n) is 26.6. The van der Waals surface area contributed by atoms with E-state index in [1.54, 1.807) is 49.6 Å². The van der Waals surface area contributed by atoms with Crippen LogP contribution in [0, 0.1) is 17.3 Å². The van der Waals surface area contributed by atoms with Gasteiger partial charge in [0, 0.05) is 36.7 Å². The number of alkyl halides is 1. The number of ether oxygens (including phenoxy) is 6. The van der Waals surface area contributed by atoms with Crippen molar-refractivity contribution < 1.29 is 55.3 Å². The summed E-state index contributed by atoms with van der Waals surface area (Å²) < 4.78 is 82.8. The largest absolute Gasteiger partial charge is 0.462 e. The van der Waals surface area contributed by atoms with E-state index in [1.807, 2.05) is 39.0 Å². The molecule has 0 radical (unpaired) electrons. The van der Waals surface area contributed by atoms with Crippen LogP contribution in [0.2, 0.25) is 36.3 Å². The van der Waals surface area contributed by atoms with E-state index in [0.717, 1.165) is 35.7 Å². The van der Waals surface area contributed by atoms with Crippen LogP contribution in [0.3, 0.4) is 0 Å². The molecule has 3 saturated heterocycles. The topological polar surface area (TPSA) is 142 Å². The van der Waals surface area contributed by atoms with Crippen LogP contribution in [-0.2, 0) is 51.9 Å². The van der Waals surface area contributed by atoms with Crippen molar-refractivity contribution in [2.24, 2.45) is 17.3 Å². The second-order valence-corrected chi connectivity index (χ2v) is 37.5. The van der Waals surface area contributed by atoms with Gasteiger partial charge in [0.05, 0.1) is 77.6 Å². The predicted molar refractivity (Wildman–Crippen MR) is 303 cm³/mol. The van der Waals surface area contributed by atoms with Gasteiger partial charge in [-0.25, -0.2) is 13.2 Å². The van der Waals surface area contributed by atoms with Crippen LogP contribution in [0.25, 0.3) is 0 Å². The molecule has 12 nitrogen and oxygen atoms in total. The van der Waals surface area contributed by atoms with Gasteiger partial charge in [-0.15, -0.1) is 0 Å². The molecule has 3 fully saturated rings. The Balaban J connectivity index is 1.38. The van der Waals surface area contributed by atoms with Gasteiger partial charge >= 0.3 is 11.9 Å². The standard InChI is InChI=1S/C57H91IO12SSi2/c1-39(32-42-29-30-50-57(38-58,69-42)35-43(66-50)26-23-31-64-52(59)41-24-19-17-20-25-41)40(2)47(68-53(60)54(3,4)5)34-48-46(37-71(61,62)45-27-21-18-22-28-45)51(63-12)49(67-48)33-44(70-73(15,16)56(9,10)11)36-65-72(13,14)55(6,7)8/h17-22,24-25,27-28,39,42-44,46-51H,2,23,26,29-38H2,1,3-16H3/t39-,42?,43+,44?,46+,47-,48+,49-,50+,51-,57-/m1/s1. The Morgan fingerprint density at radius 3 is 2.03 bits per heavy atom. The van der Waals surface area contributed by atoms with Crippen molar-refractivity contribution in [3.63, 3.8) is 0 Å². The van der Waals surface area contributed by atoms with E-state index in [4.69, 9.17) is 37.3 Å². The van der Waals surface area contributed by atoms with E-state index >= 15 is 0 Å². The van der Waals surface area contributed by atoms with E-state index in [2.05, 4.69) is 104 Å². The van der Waals surface area contributed by atoms with Crippen molar-refractivity contribution in [3.8, 4) is 0 Å². The summed E-state index contributed by atoms with van der Waals surface area (Å²) in [5, 5.41) is -0.0966. The minimum atomic E-state index is -3.82. The molecule has 2 aromatic carbocycles. The van der Waals surface area contributed by atoms with E-state index < -0.39 is 67.8 Å². The molecule has 2 aromatic rings. The number of fused-ring (bicyclic) bond motifs is 1. The highest BCUT2D eigenvalue weighted by molar-refractivity contribution is 14.1. The SMILES string of the molecule is C=C([C@H](C)CC1CC[C@@H]2O[C@@H](CCCOC(=O)c3ccccc3)C[C@]2(CI)O1)[C@@H](C[C@@H]1O[C@H](CC(CO[Si](C)(C)C(C)(C)C)O[Si](C)(C)C(C)(C)C)[C@H](OC)[C@H]1CS(=O)(=O)c1ccccc1)OC(=O)C(C)(C)C. The molecular formula is C57H91IO12SSi2. The molecule has 0 aromatic heterocycles. The van der Waals surface area contributed by atoms with Gasteiger partial charge < -0.3 is 37.3 Å². The molecule has 0 amide bonds. The Bertz CT molecular complexity index is 2220. The van der Waals surface area contributed by atoms with E-state index in [-0.39, 0.29) is 69.4 Å². The lowest BCUT2D eigenvalue weighted by Gasteiger charge is -2.42. The minimum Gasteiger partial charge on any atom is -0.462 e. The van der Waals surface area contributed by atoms with Crippen LogP contribution in [0.1, 0.15) is 131 Å². The Labute approximate surface area is 455 Å². The van der Waals surface area contributed by atoms with Crippen LogP contribution >= 0.6 is 22.6 Å². The number of rotatable bonds is 24. The normalized spacial score (nSPS) is 26.4. The fourth-order valence-electron chi connectivity index (χ4n) is 9.74. The number of hydrogen-bond donors (Lipinski definition) is 0. The van der Waals surface area contributed by atoms with Crippen molar-refractivity contribution in [1.82, 2.24) is 0 Å². The average molecular weight is 1180 g/mol. The molecule has 412 valence electrons. The molecule has 73 heavy (non-hydrogen) atoms. The maximum Gasteiger partial charge on any atom is 0.338 e. The highest BCUT2D eigenvalue weighted by atomic mass is 127. The highest BCUT2D eigenvalue weighted by Gasteiger charge is 2.54. The quantitative estimate of drug-likeness (QED) is 0.0247. The second kappa shape index (κ2) is 25.2. The molecule has 3 aliphatic heterocycles. The van der Waals surface area contributed by atoms with Crippen LogP contribution in [0.15, 0.2) is 77.7 Å². The lowest BCUT2D eigenvalue weighted by molar-refractivity contribution is -0.160. The summed E-state index contributed by atoms with van der Waals surface area (Å²) in [4.78, 5) is 26.7. The number of halogens is 1. The van der Waals surface area contributed by atoms with Crippen LogP contribution in [0.4, 0.5) is 0 Å². The first kappa shape index (κ1) is 61.8. The third kappa shape index (κ3) is 16.3. The van der Waals surface area contributed by atoms with E-state index in [9.17, 15) is 18.0 Å². The van der Waals surface area contributed by atoms with Crippen molar-refractivity contribution >= 4 is 61.0 Å². The second-order valence-electron chi connectivity index (χ2n) is 25.2. The fraction of sp³-hybridized carbons (Fsp3) is 0.719. The van der Waals surface area contributed by atoms with Gasteiger partial charge in [-0.05, 0) is 125 Å². The highest BCUT2D eigenvalue weighted by Crippen LogP contribution is 2.47. The van der Waals surface area contributed by atoms with Gasteiger partial charge in [-0.1, -0.05) is 114 Å². The van der Waals surface area contributed by atoms with Gasteiger partial charge in [0.2, 0.25) is 0 Å². The molecular weight excluding hydrogens is 1090 g/mol. The Morgan fingerprint density at radius 1 is 0.836 bits per heavy atom. The first-order chi connectivity index (χ1) is 33.8. The van der Waals surface area contributed by atoms with E-state index in [1.165, 1.54) is 0 Å². The number of methoxy groups -OCH3 is 1. The summed E-state index contributed by atoms with van der Waals surface area (Å²) in [5.41, 5.74) is -0.000336. The van der Waals surface area contributed by atoms with E-state index in [0.29, 0.717) is 38.0 Å². The van der Waals surface area contributed by atoms with Gasteiger partial charge in [-0.2, -0.15) is 0 Å². The molecule has 2 unspecified atom stereocenters. The van der Waals surface area contributed by atoms with Gasteiger partial charge in [0.15, 0.2) is 26.5 Å². The summed E-state index contributed by atoms with van der Waals surface area (Å²) in [6, 6.07) is 17.5. The molecule has 0 saturated carbocycles. The molecule has 5 rings (SSSR count). The number of carbonyl (C=O) groups is 2. The zero-order valence-corrected chi connectivity index (χ0v) is 51.9. The molecule has 0 aliphatic carbocycles. The summed E-state index contributed by atoms with van der Waals surface area (Å²) in [7, 11) is -6.74. The van der Waals surface area contributed by atoms with Gasteiger partial charge in [-0.3, -0.25) is 4.79 Å². The average Bonchev–Trinajstić information content (AvgIpc) is 3.84. The molecule has 0 bridgehead atoms. The Kier molecular flexibility index (Phi) is 21.3. The monoisotopic (exact) mass is 1180 g/mol. The van der Waals surface area contributed by atoms with Crippen LogP contribution in [-0.4, -0.2) is 122 Å². The number of esters is 2. The van der Waals surface area contributed by atoms with Crippen molar-refractivity contribution in [2.45, 2.75) is 216 Å². The lowest BCUT2D eigenvalue weighted by Crippen LogP contribution is -2.50. The van der Waals surface area contributed by atoms with Crippen molar-refractivity contribution in [1.29, 1.82) is 0 Å². The third-order valence-corrected chi connectivity index (χ3v) is 28.5. The van der Waals surface area contributed by atoms with Crippen LogP contribution < -0.4 is 0 Å². The van der Waals surface area contributed by atoms with Gasteiger partial charge in [0.1, 0.15) is 11.7 Å². The molecule has 3 aliphatic rings. The third-order valence-electron chi connectivity index (χ3n) is 16.4. The smallest absolute Gasteiger partial charge is 0.338 e. The summed E-state index contributed by atoms with van der Waals surface area (Å²) in [6.07, 6.45) is 1.97. The zero-order chi connectivity index (χ0) is 54.4.